The molecule has 0 aliphatic heterocycles. The molecule has 0 amide bonds. The van der Waals surface area contributed by atoms with Crippen LogP contribution in [0.1, 0.15) is 0 Å². The zero-order valence-corrected chi connectivity index (χ0v) is 20.0. The molecule has 0 aliphatic rings. The molecule has 0 N–H and O–H groups in total. The molecule has 24 heavy (non-hydrogen) atoms. The van der Waals surface area contributed by atoms with Gasteiger partial charge in [-0.15, -0.1) is 0 Å². The lowest BCUT2D eigenvalue weighted by molar-refractivity contribution is 0.274. The maximum absolute atomic E-state index is 11.5. The lowest BCUT2D eigenvalue weighted by Gasteiger charge is -2.13. The lowest BCUT2D eigenvalue weighted by atomic mass is 10.6. The molecule has 15 heteroatoms. The molecule has 0 aliphatic carbocycles. The second kappa shape index (κ2) is 18.4. The van der Waals surface area contributed by atoms with E-state index in [1.807, 2.05) is 0 Å². The van der Waals surface area contributed by atoms with Crippen molar-refractivity contribution < 1.29 is 26.9 Å². The maximum atomic E-state index is 11.5. The Bertz CT molecular complexity index is 361. The van der Waals surface area contributed by atoms with Crippen molar-refractivity contribution in [3.05, 3.63) is 0 Å². The summed E-state index contributed by atoms with van der Waals surface area (Å²) in [6.07, 6.45) is 0. The van der Waals surface area contributed by atoms with Crippen LogP contribution in [-0.2, 0) is 12.5 Å². The van der Waals surface area contributed by atoms with Gasteiger partial charge in [-0.05, 0) is 32.4 Å². The van der Waals surface area contributed by atoms with Gasteiger partial charge in [0.25, 0.3) is 13.3 Å². The van der Waals surface area contributed by atoms with Gasteiger partial charge in [-0.25, -0.2) is 0 Å². The third kappa shape index (κ3) is 16.2. The van der Waals surface area contributed by atoms with E-state index in [9.17, 15) is 14.4 Å². The molecule has 0 unspecified atom stereocenters. The van der Waals surface area contributed by atoms with Crippen LogP contribution in [0.3, 0.4) is 0 Å². The summed E-state index contributed by atoms with van der Waals surface area (Å²) >= 11 is 2.34. The molecule has 0 bridgehead atoms. The number of rotatable bonds is 11. The Morgan fingerprint density at radius 3 is 1.46 bits per heavy atom. The van der Waals surface area contributed by atoms with Gasteiger partial charge in [0.1, 0.15) is 0 Å². The highest BCUT2D eigenvalue weighted by Crippen LogP contribution is 2.40. The Labute approximate surface area is 177 Å². The molecule has 0 spiro atoms. The fraction of sp³-hybridized carbons (Fsp3) is 0.667. The molecule has 0 saturated heterocycles. The largest absolute Gasteiger partial charge is 0.311 e. The predicted octanol–water partition coefficient (Wildman–Crippen LogP) is 6.74. The van der Waals surface area contributed by atoms with E-state index in [1.54, 1.807) is 0 Å². The van der Waals surface area contributed by atoms with Crippen LogP contribution in [0.4, 0.5) is 14.4 Å². The Morgan fingerprint density at radius 1 is 0.708 bits per heavy atom. The molecular formula is C9H14O6S9. The Kier molecular flexibility index (Phi) is 20.0. The third-order valence-electron chi connectivity index (χ3n) is 1.47. The van der Waals surface area contributed by atoms with Crippen molar-refractivity contribution in [1.82, 2.24) is 0 Å². The first kappa shape index (κ1) is 26.0. The maximum Gasteiger partial charge on any atom is 0.283 e. The second-order valence-corrected chi connectivity index (χ2v) is 13.5. The second-order valence-electron chi connectivity index (χ2n) is 3.04. The third-order valence-corrected chi connectivity index (χ3v) is 11.5. The van der Waals surface area contributed by atoms with E-state index >= 15 is 0 Å². The topological polar surface area (TPSA) is 78.9 Å². The molecule has 140 valence electrons. The van der Waals surface area contributed by atoms with Crippen molar-refractivity contribution in [3.8, 4) is 0 Å². The van der Waals surface area contributed by atoms with E-state index < -0.39 is 0 Å². The van der Waals surface area contributed by atoms with E-state index in [1.165, 1.54) is 53.7 Å². The molecule has 0 aromatic heterocycles. The van der Waals surface area contributed by atoms with Gasteiger partial charge in [-0.3, -0.25) is 14.4 Å². The first-order valence-corrected chi connectivity index (χ1v) is 14.8. The van der Waals surface area contributed by atoms with Crippen LogP contribution >= 0.6 is 101 Å². The first-order chi connectivity index (χ1) is 11.5. The molecule has 0 saturated carbocycles. The molecule has 0 aromatic carbocycles. The van der Waals surface area contributed by atoms with Gasteiger partial charge in [0.2, 0.25) is 0 Å². The minimum Gasteiger partial charge on any atom is -0.311 e. The van der Waals surface area contributed by atoms with Gasteiger partial charge in [0, 0.05) is 16.8 Å². The predicted molar refractivity (Wildman–Crippen MR) is 119 cm³/mol. The monoisotopic (exact) mass is 506 g/mol. The summed E-state index contributed by atoms with van der Waals surface area (Å²) in [5.74, 6) is 1.28. The molecule has 0 rings (SSSR count). The van der Waals surface area contributed by atoms with Gasteiger partial charge >= 0.3 is 0 Å². The van der Waals surface area contributed by atoms with E-state index in [0.717, 1.165) is 68.5 Å². The van der Waals surface area contributed by atoms with Crippen LogP contribution in [0.25, 0.3) is 0 Å². The highest BCUT2D eigenvalue weighted by molar-refractivity contribution is 8.88. The quantitative estimate of drug-likeness (QED) is 0.219. The standard InChI is InChI=1S/C9H14O6S9/c1-13-18-7(10)22-16-4-6(21-24-9(12)20-15-3)5-17-23-8(11)19-14-2/h6H,4-5H2,1-3H3. The summed E-state index contributed by atoms with van der Waals surface area (Å²) in [7, 11) is 11.8. The number of carbonyl (C=O) groups is 3. The molecule has 0 radical (unpaired) electrons. The van der Waals surface area contributed by atoms with E-state index in [2.05, 4.69) is 8.37 Å². The van der Waals surface area contributed by atoms with Crippen molar-refractivity contribution in [3.63, 3.8) is 0 Å². The average Bonchev–Trinajstić information content (AvgIpc) is 2.53. The van der Waals surface area contributed by atoms with E-state index in [-0.39, 0.29) is 18.6 Å². The summed E-state index contributed by atoms with van der Waals surface area (Å²) in [5, 5.41) is 0.0760. The van der Waals surface area contributed by atoms with Crippen LogP contribution in [0.2, 0.25) is 0 Å². The van der Waals surface area contributed by atoms with Crippen molar-refractivity contribution in [1.29, 1.82) is 0 Å². The molecule has 0 fully saturated rings. The van der Waals surface area contributed by atoms with E-state index in [0.29, 0.717) is 11.5 Å². The first-order valence-electron chi connectivity index (χ1n) is 5.69. The highest BCUT2D eigenvalue weighted by Gasteiger charge is 2.17. The van der Waals surface area contributed by atoms with Gasteiger partial charge < -0.3 is 12.5 Å². The van der Waals surface area contributed by atoms with Crippen molar-refractivity contribution in [2.75, 3.05) is 32.8 Å². The fourth-order valence-electron chi connectivity index (χ4n) is 0.773. The van der Waals surface area contributed by atoms with Gasteiger partial charge in [-0.2, -0.15) is 0 Å². The fourth-order valence-corrected chi connectivity index (χ4v) is 10.3. The molecule has 0 aromatic rings. The lowest BCUT2D eigenvalue weighted by Crippen LogP contribution is -2.08. The van der Waals surface area contributed by atoms with Gasteiger partial charge in [0.15, 0.2) is 0 Å². The smallest absolute Gasteiger partial charge is 0.283 e. The van der Waals surface area contributed by atoms with Crippen LogP contribution in [0.5, 0.6) is 0 Å². The van der Waals surface area contributed by atoms with Crippen LogP contribution < -0.4 is 0 Å². The minimum absolute atomic E-state index is 0.0760. The summed E-state index contributed by atoms with van der Waals surface area (Å²) in [6.45, 7) is 0. The van der Waals surface area contributed by atoms with Crippen LogP contribution in [0, 0.1) is 0 Å². The van der Waals surface area contributed by atoms with Crippen molar-refractivity contribution in [2.24, 2.45) is 0 Å². The van der Waals surface area contributed by atoms with Crippen LogP contribution in [-0.4, -0.2) is 51.4 Å². The van der Waals surface area contributed by atoms with Gasteiger partial charge in [-0.1, -0.05) is 32.4 Å². The minimum atomic E-state index is -0.153. The highest BCUT2D eigenvalue weighted by atomic mass is 33.1. The number of hydrogen-bond acceptors (Lipinski definition) is 15. The Balaban J connectivity index is 4.19. The van der Waals surface area contributed by atoms with Crippen LogP contribution in [0.15, 0.2) is 0 Å². The van der Waals surface area contributed by atoms with E-state index in [4.69, 9.17) is 4.18 Å². The van der Waals surface area contributed by atoms with Gasteiger partial charge in [0.05, 0.1) is 57.5 Å². The SMILES string of the molecule is COSC(=O)SSCC(CSSC(=O)SOC)SSC(=O)SOC. The van der Waals surface area contributed by atoms with Crippen molar-refractivity contribution in [2.45, 2.75) is 5.25 Å². The molecule has 0 atom stereocenters. The number of hydrogen-bond donors (Lipinski definition) is 0. The Hall–Kier alpha value is 2.04. The molecular weight excluding hydrogens is 493 g/mol. The Morgan fingerprint density at radius 2 is 1.08 bits per heavy atom. The molecule has 6 nitrogen and oxygen atoms in total. The average molecular weight is 507 g/mol. The summed E-state index contributed by atoms with van der Waals surface area (Å²) in [6, 6.07) is 0. The normalized spacial score (nSPS) is 11.0. The molecule has 0 heterocycles. The van der Waals surface area contributed by atoms with Crippen molar-refractivity contribution >= 4 is 114 Å². The summed E-state index contributed by atoms with van der Waals surface area (Å²) in [4.78, 5) is 34.2. The number of carbonyl (C=O) groups excluding carboxylic acids is 3. The zero-order chi connectivity index (χ0) is 18.2. The summed E-state index contributed by atoms with van der Waals surface area (Å²) in [5.41, 5.74) is 0. The zero-order valence-electron chi connectivity index (χ0n) is 12.6. The summed E-state index contributed by atoms with van der Waals surface area (Å²) < 4.78 is 13.6.